The molecule has 26 aromatic rings. The minimum atomic E-state index is -0.247. The molecule has 0 unspecified atom stereocenters. The summed E-state index contributed by atoms with van der Waals surface area (Å²) in [5.74, 6) is 0. The maximum Gasteiger partial charge on any atom is 0.143 e. The molecule has 0 N–H and O–H groups in total. The lowest BCUT2D eigenvalue weighted by atomic mass is 9.84. The van der Waals surface area contributed by atoms with Crippen molar-refractivity contribution in [3.05, 3.63) is 473 Å². The van der Waals surface area contributed by atoms with Crippen LogP contribution in [0.1, 0.15) is 34.9 Å². The Balaban J connectivity index is 0.000000134. The first kappa shape index (κ1) is 67.7. The standard InChI is InChI=1S/C44H28O.C42H26O.C38H24O.2CH4.4H2/c1-3-13-29(14-4-1)33-21-11-23-39-40-24-12-22-34(44(40)45-43(33)39)30-25-27-32(28-26-30)42-37-19-9-7-17-35(37)41(31-15-5-2-6-16-31)36-18-8-10-20-38(36)42;1-2-12-27(13-3-1)29-24-25-31-37-22-11-23-38(42(37)43-39(31)26-29)41-35-19-8-6-17-33(35)40(34-18-7-9-20-36(34)41)32-21-10-15-28-14-4-5-16-30(28)32;1-3-13-25(14-4-1)27-21-11-23-33-37-32(22-12-24-34(37)39-38(27)33)36-30-19-9-7-17-28(30)35(26-15-5-2-6-16-26)29-18-8-10-20-31(29)36;;;;;;/h1-28H;1-26H;1-24H;2*1H4;4*1H/i;;7D,9D,17D,19D;2*1D;4*1+1D. The normalized spacial score (nSPS) is 12.2. The van der Waals surface area contributed by atoms with Gasteiger partial charge in [0.25, 0.3) is 0 Å². The van der Waals surface area contributed by atoms with Gasteiger partial charge in [0, 0.05) is 74.8 Å². The molecule has 616 valence electrons. The molecule has 0 aliphatic heterocycles. The van der Waals surface area contributed by atoms with Gasteiger partial charge in [0.1, 0.15) is 33.5 Å². The first-order valence-electron chi connectivity index (χ1n) is 51.3. The summed E-state index contributed by atoms with van der Waals surface area (Å²) >= 11 is 0. The quantitative estimate of drug-likeness (QED) is 0.128. The van der Waals surface area contributed by atoms with Crippen LogP contribution in [-0.4, -0.2) is 0 Å². The number of hydrogen-bond donors (Lipinski definition) is 0. The predicted octanol–water partition coefficient (Wildman–Crippen LogP) is 37.8. The minimum Gasteiger partial charge on any atom is -0.455 e. The van der Waals surface area contributed by atoms with Crippen molar-refractivity contribution >= 4 is 141 Å². The summed E-state index contributed by atoms with van der Waals surface area (Å²) in [7, 11) is 2.50. The molecule has 0 radical (unpaired) electrons. The highest BCUT2D eigenvalue weighted by atomic mass is 16.3. The smallest absolute Gasteiger partial charge is 0.143 e. The van der Waals surface area contributed by atoms with E-state index in [1.807, 2.05) is 103 Å². The van der Waals surface area contributed by atoms with E-state index in [0.29, 0.717) is 10.8 Å². The average molecular weight is 1670 g/mol. The first-order valence-corrected chi connectivity index (χ1v) is 43.3. The van der Waals surface area contributed by atoms with Gasteiger partial charge in [-0.1, -0.05) is 470 Å². The third kappa shape index (κ3) is 13.4. The summed E-state index contributed by atoms with van der Waals surface area (Å²) in [5, 5.41) is 21.8. The van der Waals surface area contributed by atoms with Crippen LogP contribution in [0.4, 0.5) is 0 Å². The van der Waals surface area contributed by atoms with Crippen molar-refractivity contribution in [3.63, 3.8) is 0 Å². The van der Waals surface area contributed by atoms with E-state index in [0.717, 1.165) is 143 Å². The van der Waals surface area contributed by atoms with E-state index in [-0.39, 0.29) is 24.2 Å². The van der Waals surface area contributed by atoms with E-state index in [9.17, 15) is 1.37 Å². The van der Waals surface area contributed by atoms with E-state index < -0.39 is 0 Å². The van der Waals surface area contributed by atoms with E-state index >= 15 is 0 Å². The molecule has 0 aliphatic rings. The third-order valence-corrected chi connectivity index (χ3v) is 25.5. The predicted molar refractivity (Wildman–Crippen MR) is 560 cm³/mol. The Morgan fingerprint density at radius 1 is 0.178 bits per heavy atom. The second-order valence-corrected chi connectivity index (χ2v) is 32.6. The van der Waals surface area contributed by atoms with E-state index in [1.165, 1.54) is 113 Å². The van der Waals surface area contributed by atoms with Crippen LogP contribution in [0.5, 0.6) is 0 Å². The topological polar surface area (TPSA) is 39.4 Å². The van der Waals surface area contributed by atoms with E-state index in [1.54, 1.807) is 0 Å². The van der Waals surface area contributed by atoms with Crippen LogP contribution in [0.25, 0.3) is 252 Å². The fourth-order valence-electron chi connectivity index (χ4n) is 20.0. The molecule has 3 aromatic heterocycles. The van der Waals surface area contributed by atoms with Crippen molar-refractivity contribution in [2.24, 2.45) is 0 Å². The van der Waals surface area contributed by atoms with Crippen LogP contribution in [0.3, 0.4) is 0 Å². The van der Waals surface area contributed by atoms with Crippen molar-refractivity contribution in [2.45, 2.75) is 14.8 Å². The van der Waals surface area contributed by atoms with Crippen molar-refractivity contribution in [1.29, 1.82) is 0 Å². The van der Waals surface area contributed by atoms with Crippen LogP contribution in [-0.2, 0) is 0 Å². The molecular weight excluding hydrogens is 1560 g/mol. The zero-order valence-corrected chi connectivity index (χ0v) is 70.9. The average Bonchev–Trinajstić information content (AvgIpc) is 1.71. The number of hydrogen-bond acceptors (Lipinski definition) is 3. The maximum atomic E-state index is 9.22. The molecule has 0 fully saturated rings. The fraction of sp³-hybridized carbons (Fsp3) is 0.0159. The van der Waals surface area contributed by atoms with Gasteiger partial charge in [-0.05, 0) is 177 Å². The second kappa shape index (κ2) is 33.1. The van der Waals surface area contributed by atoms with Crippen molar-refractivity contribution < 1.29 is 33.4 Å². The lowest BCUT2D eigenvalue weighted by molar-refractivity contribution is 0.670. The summed E-state index contributed by atoms with van der Waals surface area (Å²) in [6, 6.07) is 157. The minimum absolute atomic E-state index is 0.0440. The van der Waals surface area contributed by atoms with Crippen LogP contribution in [0.15, 0.2) is 486 Å². The molecule has 26 rings (SSSR count). The molecule has 0 amide bonds. The van der Waals surface area contributed by atoms with Crippen molar-refractivity contribution in [1.82, 2.24) is 0 Å². The Kier molecular flexibility index (Phi) is 17.4. The Labute approximate surface area is 769 Å². The van der Waals surface area contributed by atoms with Gasteiger partial charge in [-0.25, -0.2) is 0 Å². The summed E-state index contributed by atoms with van der Waals surface area (Å²) in [5.41, 5.74) is 27.3. The molecule has 0 atom stereocenters. The Morgan fingerprint density at radius 2 is 0.457 bits per heavy atom. The molecule has 3 heterocycles. The van der Waals surface area contributed by atoms with Crippen LogP contribution < -0.4 is 0 Å². The van der Waals surface area contributed by atoms with Gasteiger partial charge in [0.15, 0.2) is 0 Å². The summed E-state index contributed by atoms with van der Waals surface area (Å²) in [6.45, 7) is 0. The fourth-order valence-corrected chi connectivity index (χ4v) is 20.0. The number of furan rings is 3. The second-order valence-electron chi connectivity index (χ2n) is 32.6. The molecule has 0 aliphatic carbocycles. The molecule has 3 nitrogen and oxygen atoms in total. The van der Waals surface area contributed by atoms with Crippen LogP contribution >= 0.6 is 0 Å². The number of para-hydroxylation sites is 4. The molecule has 0 saturated heterocycles. The largest absolute Gasteiger partial charge is 0.455 e. The summed E-state index contributed by atoms with van der Waals surface area (Å²) < 4.78 is 107. The Bertz CT molecular complexity index is 8980. The van der Waals surface area contributed by atoms with Gasteiger partial charge in [-0.15, -0.1) is 0 Å². The van der Waals surface area contributed by atoms with Crippen molar-refractivity contribution in [3.8, 4) is 111 Å². The molecule has 0 bridgehead atoms. The number of fused-ring (bicyclic) bond motifs is 16. The lowest BCUT2D eigenvalue weighted by Gasteiger charge is -2.18. The Morgan fingerprint density at radius 3 is 0.938 bits per heavy atom. The SMILES string of the molecule is [2H]C.[2H]C.[2H][2H].[2H][2H].[2H][2H].[2H][2H].[2H]c1c([2H])c([2H])c2c(-c3cccc4oc5c(-c6ccccc6)cccc5c34)c3ccccc3c(-c3ccccc3)c2c1[2H].c1ccc(-c2c3ccccc3c(-c3ccc(-c4cccc5c4oc4c(-c6ccccc6)cccc45)cc3)c3ccccc23)cc1.c1ccc(-c2ccc3c(c2)oc2c(-c4c5ccccc5c(-c5cccc6ccccc56)c5ccccc45)cccc23)cc1. The monoisotopic (exact) mass is 1670 g/mol. The summed E-state index contributed by atoms with van der Waals surface area (Å²) in [4.78, 5) is 0. The Hall–Kier alpha value is -16.7. The highest BCUT2D eigenvalue weighted by Crippen LogP contribution is 2.52. The van der Waals surface area contributed by atoms with E-state index in [2.05, 4.69) is 346 Å². The van der Waals surface area contributed by atoms with Gasteiger partial charge in [0.05, 0.1) is 5.48 Å². The summed E-state index contributed by atoms with van der Waals surface area (Å²) in [6.07, 6.45) is 0. The van der Waals surface area contributed by atoms with Crippen molar-refractivity contribution in [2.75, 3.05) is 0 Å². The molecule has 0 saturated carbocycles. The van der Waals surface area contributed by atoms with Gasteiger partial charge < -0.3 is 13.3 Å². The van der Waals surface area contributed by atoms with Gasteiger partial charge in [-0.2, -0.15) is 0 Å². The molecular formula is C126H94O3. The van der Waals surface area contributed by atoms with Gasteiger partial charge >= 0.3 is 0 Å². The van der Waals surface area contributed by atoms with Crippen LogP contribution in [0, 0.1) is 0 Å². The van der Waals surface area contributed by atoms with Gasteiger partial charge in [0.2, 0.25) is 0 Å². The number of benzene rings is 23. The molecule has 129 heavy (non-hydrogen) atoms. The molecule has 3 heteroatoms. The zero-order valence-electron chi connectivity index (χ0n) is 84.9. The molecule has 0 spiro atoms. The third-order valence-electron chi connectivity index (χ3n) is 25.5. The molecule has 23 aromatic carbocycles. The lowest BCUT2D eigenvalue weighted by Crippen LogP contribution is -1.91. The highest BCUT2D eigenvalue weighted by Gasteiger charge is 2.26. The maximum absolute atomic E-state index is 9.22. The zero-order chi connectivity index (χ0) is 99.3. The van der Waals surface area contributed by atoms with Gasteiger partial charge in [-0.3, -0.25) is 0 Å². The first-order chi connectivity index (χ1) is 70.7. The number of rotatable bonds is 10. The van der Waals surface area contributed by atoms with Crippen LogP contribution in [0.2, 0.25) is 0 Å². The highest BCUT2D eigenvalue weighted by molar-refractivity contribution is 6.29. The van der Waals surface area contributed by atoms with E-state index in [4.69, 9.17) is 32.0 Å².